The van der Waals surface area contributed by atoms with Crippen LogP contribution < -0.4 is 15.4 Å². The summed E-state index contributed by atoms with van der Waals surface area (Å²) in [6, 6.07) is 8.78. The molecule has 10 nitrogen and oxygen atoms in total. The second-order valence-corrected chi connectivity index (χ2v) is 6.72. The number of aliphatic hydroxyl groups excluding tert-OH is 1. The van der Waals surface area contributed by atoms with E-state index in [-0.39, 0.29) is 24.1 Å². The maximum absolute atomic E-state index is 15.4. The van der Waals surface area contributed by atoms with E-state index in [2.05, 4.69) is 15.0 Å². The van der Waals surface area contributed by atoms with Crippen LogP contribution >= 0.6 is 0 Å². The third-order valence-corrected chi connectivity index (χ3v) is 4.70. The fourth-order valence-electron chi connectivity index (χ4n) is 3.22. The Morgan fingerprint density at radius 3 is 2.79 bits per heavy atom. The minimum Gasteiger partial charge on any atom is -0.479 e. The number of hydrogen-bond acceptors (Lipinski definition) is 9. The van der Waals surface area contributed by atoms with Crippen LogP contribution in [0, 0.1) is 0 Å². The molecule has 2 unspecified atom stereocenters. The molecule has 3 heterocycles. The third kappa shape index (κ3) is 3.43. The number of aromatic nitrogens is 4. The van der Waals surface area contributed by atoms with Crippen LogP contribution in [0.2, 0.25) is 0 Å². The number of nitrogens with zero attached hydrogens (tertiary/aromatic N) is 4. The number of anilines is 1. The van der Waals surface area contributed by atoms with E-state index in [9.17, 15) is 5.11 Å². The van der Waals surface area contributed by atoms with Gasteiger partial charge in [0.25, 0.3) is 0 Å². The zero-order valence-electron chi connectivity index (χ0n) is 15.7. The maximum Gasteiger partial charge on any atom is 0.246 e. The summed E-state index contributed by atoms with van der Waals surface area (Å²) in [4.78, 5) is 22.5. The molecular formula is C18H20FN5O5. The van der Waals surface area contributed by atoms with Crippen molar-refractivity contribution in [2.24, 2.45) is 0 Å². The highest BCUT2D eigenvalue weighted by atomic mass is 19.1. The molecule has 0 aliphatic carbocycles. The lowest BCUT2D eigenvalue weighted by Gasteiger charge is -2.24. The van der Waals surface area contributed by atoms with E-state index in [0.717, 1.165) is 0 Å². The van der Waals surface area contributed by atoms with E-state index in [1.807, 2.05) is 6.07 Å². The van der Waals surface area contributed by atoms with Crippen LogP contribution in [0.25, 0.3) is 11.2 Å². The Morgan fingerprint density at radius 2 is 2.07 bits per heavy atom. The van der Waals surface area contributed by atoms with Gasteiger partial charge in [0.15, 0.2) is 28.8 Å². The molecule has 11 heteroatoms. The average Bonchev–Trinajstić information content (AvgIpc) is 3.21. The van der Waals surface area contributed by atoms with Crippen molar-refractivity contribution in [3.05, 3.63) is 36.7 Å². The van der Waals surface area contributed by atoms with Crippen molar-refractivity contribution in [1.82, 2.24) is 19.5 Å². The first-order valence-electron chi connectivity index (χ1n) is 8.82. The second-order valence-electron chi connectivity index (χ2n) is 6.72. The minimum absolute atomic E-state index is 0.0636. The molecule has 1 fully saturated rings. The lowest BCUT2D eigenvalue weighted by molar-refractivity contribution is -0.233. The van der Waals surface area contributed by atoms with Crippen molar-refractivity contribution in [3.63, 3.8) is 0 Å². The fraction of sp³-hybridized carbons (Fsp3) is 0.389. The maximum atomic E-state index is 15.4. The molecule has 0 saturated carbocycles. The van der Waals surface area contributed by atoms with Gasteiger partial charge in [-0.1, -0.05) is 18.2 Å². The lowest BCUT2D eigenvalue weighted by Crippen LogP contribution is -2.40. The Morgan fingerprint density at radius 1 is 1.31 bits per heavy atom. The highest BCUT2D eigenvalue weighted by molar-refractivity contribution is 5.77. The number of methoxy groups -OCH3 is 1. The number of alkyl halides is 1. The summed E-state index contributed by atoms with van der Waals surface area (Å²) >= 11 is 0. The van der Waals surface area contributed by atoms with Crippen molar-refractivity contribution in [2.75, 3.05) is 19.5 Å². The molecular weight excluding hydrogens is 385 g/mol. The molecule has 0 bridgehead atoms. The first-order chi connectivity index (χ1) is 13.9. The number of halogens is 1. The Bertz CT molecular complexity index is 999. The average molecular weight is 405 g/mol. The predicted octanol–water partition coefficient (Wildman–Crippen LogP) is 1.41. The van der Waals surface area contributed by atoms with Gasteiger partial charge in [-0.3, -0.25) is 4.57 Å². The van der Waals surface area contributed by atoms with Crippen molar-refractivity contribution in [2.45, 2.75) is 31.0 Å². The first kappa shape index (κ1) is 19.3. The van der Waals surface area contributed by atoms with Gasteiger partial charge < -0.3 is 25.2 Å². The number of aliphatic hydroxyl groups is 1. The van der Waals surface area contributed by atoms with E-state index in [0.29, 0.717) is 11.3 Å². The molecule has 1 saturated heterocycles. The van der Waals surface area contributed by atoms with Gasteiger partial charge in [0.2, 0.25) is 11.8 Å². The summed E-state index contributed by atoms with van der Waals surface area (Å²) in [5, 5.41) is 10.5. The predicted molar refractivity (Wildman–Crippen MR) is 98.7 cm³/mol. The summed E-state index contributed by atoms with van der Waals surface area (Å²) in [5.74, 6) is 0.562. The number of nitrogens with two attached hydrogens (primary N) is 1. The quantitative estimate of drug-likeness (QED) is 0.462. The number of benzene rings is 1. The Kier molecular flexibility index (Phi) is 4.94. The molecule has 154 valence electrons. The Balaban J connectivity index is 1.55. The number of hydrogen-bond donors (Lipinski definition) is 2. The van der Waals surface area contributed by atoms with Crippen molar-refractivity contribution >= 4 is 17.1 Å². The highest BCUT2D eigenvalue weighted by Gasteiger charge is 2.55. The molecule has 4 atom stereocenters. The summed E-state index contributed by atoms with van der Waals surface area (Å²) in [6.07, 6.45) is -2.37. The van der Waals surface area contributed by atoms with Crippen molar-refractivity contribution < 1.29 is 28.7 Å². The number of rotatable bonds is 6. The normalized spacial score (nSPS) is 26.7. The number of nitrogen functional groups attached to an aromatic ring is 1. The molecule has 0 amide bonds. The van der Waals surface area contributed by atoms with Gasteiger partial charge in [0.1, 0.15) is 18.8 Å². The SMILES string of the molecule is COc1nc(N)nc2c1ncn2C1OC(COOc2ccccc2)[C@@H](O)[C@@]1(C)F. The Hall–Kier alpha value is -3.02. The van der Waals surface area contributed by atoms with Gasteiger partial charge in [0, 0.05) is 0 Å². The molecule has 1 aromatic carbocycles. The number of fused-ring (bicyclic) bond motifs is 1. The summed E-state index contributed by atoms with van der Waals surface area (Å²) in [5.41, 5.74) is 4.06. The molecule has 3 aromatic rings. The number of ether oxygens (including phenoxy) is 2. The number of imidazole rings is 1. The van der Waals surface area contributed by atoms with Crippen molar-refractivity contribution in [1.29, 1.82) is 0 Å². The van der Waals surface area contributed by atoms with E-state index in [4.69, 9.17) is 25.0 Å². The third-order valence-electron chi connectivity index (χ3n) is 4.70. The van der Waals surface area contributed by atoms with Gasteiger partial charge in [-0.05, 0) is 19.1 Å². The lowest BCUT2D eigenvalue weighted by atomic mass is 9.98. The van der Waals surface area contributed by atoms with Crippen LogP contribution in [0.5, 0.6) is 11.6 Å². The molecule has 1 aliphatic rings. The molecule has 29 heavy (non-hydrogen) atoms. The standard InChI is InChI=1S/C18H20FN5O5/c1-18(19)13(25)11(8-27-29-10-6-4-3-5-7-10)28-16(18)24-9-21-12-14(24)22-17(20)23-15(12)26-2/h3-7,9,11,13,16,25H,8H2,1-2H3,(H2,20,22,23)/t11?,13-,16?,18-/m1/s1. The minimum atomic E-state index is -2.17. The van der Waals surface area contributed by atoms with Gasteiger partial charge in [-0.25, -0.2) is 9.37 Å². The van der Waals surface area contributed by atoms with Gasteiger partial charge in [-0.2, -0.15) is 14.9 Å². The largest absolute Gasteiger partial charge is 0.479 e. The van der Waals surface area contributed by atoms with Crippen LogP contribution in [0.1, 0.15) is 13.2 Å². The highest BCUT2D eigenvalue weighted by Crippen LogP contribution is 2.42. The van der Waals surface area contributed by atoms with E-state index >= 15 is 4.39 Å². The van der Waals surface area contributed by atoms with Crippen LogP contribution in [-0.2, 0) is 9.62 Å². The monoisotopic (exact) mass is 405 g/mol. The van der Waals surface area contributed by atoms with Crippen LogP contribution in [0.3, 0.4) is 0 Å². The topological polar surface area (TPSA) is 127 Å². The van der Waals surface area contributed by atoms with E-state index in [1.165, 1.54) is 24.9 Å². The molecule has 0 radical (unpaired) electrons. The zero-order chi connectivity index (χ0) is 20.6. The Labute approximate surface area is 164 Å². The van der Waals surface area contributed by atoms with Gasteiger partial charge >= 0.3 is 0 Å². The molecule has 3 N–H and O–H groups in total. The van der Waals surface area contributed by atoms with Crippen molar-refractivity contribution in [3.8, 4) is 11.6 Å². The summed E-state index contributed by atoms with van der Waals surface area (Å²) < 4.78 is 27.7. The van der Waals surface area contributed by atoms with Crippen LogP contribution in [-0.4, -0.2) is 56.2 Å². The molecule has 2 aromatic heterocycles. The zero-order valence-corrected chi connectivity index (χ0v) is 15.7. The molecule has 0 spiro atoms. The molecule has 1 aliphatic heterocycles. The number of para-hydroxylation sites is 1. The fourth-order valence-corrected chi connectivity index (χ4v) is 3.22. The second kappa shape index (κ2) is 7.43. The van der Waals surface area contributed by atoms with Gasteiger partial charge in [0.05, 0.1) is 13.4 Å². The summed E-state index contributed by atoms with van der Waals surface area (Å²) in [7, 11) is 1.41. The summed E-state index contributed by atoms with van der Waals surface area (Å²) in [6.45, 7) is 1.03. The van der Waals surface area contributed by atoms with Crippen LogP contribution in [0.15, 0.2) is 36.7 Å². The smallest absolute Gasteiger partial charge is 0.246 e. The van der Waals surface area contributed by atoms with Gasteiger partial charge in [-0.15, -0.1) is 0 Å². The van der Waals surface area contributed by atoms with Crippen LogP contribution in [0.4, 0.5) is 10.3 Å². The first-order valence-corrected chi connectivity index (χ1v) is 8.82. The van der Waals surface area contributed by atoms with E-state index < -0.39 is 24.1 Å². The van der Waals surface area contributed by atoms with E-state index in [1.54, 1.807) is 24.3 Å². The molecule has 4 rings (SSSR count).